The number of Topliss-reactive ketones (excluding diaryl/α,β-unsaturated/α-hetero) is 1. The predicted octanol–water partition coefficient (Wildman–Crippen LogP) is 1.93. The van der Waals surface area contributed by atoms with E-state index in [9.17, 15) is 4.79 Å². The fourth-order valence-electron chi connectivity index (χ4n) is 2.70. The van der Waals surface area contributed by atoms with Gasteiger partial charge in [0.25, 0.3) is 0 Å². The summed E-state index contributed by atoms with van der Waals surface area (Å²) in [6.07, 6.45) is 0. The minimum atomic E-state index is -0.0930. The standard InChI is InChI=1S/C16H18N2O/c1-18-10-9-17-15(11-18)16(19)14-8-4-6-12-5-2-3-7-13(12)14/h2-8,15,17H,9-11H2,1H3. The molecular weight excluding hydrogens is 236 g/mol. The predicted molar refractivity (Wildman–Crippen MR) is 77.6 cm³/mol. The molecule has 0 saturated carbocycles. The molecule has 1 aliphatic heterocycles. The van der Waals surface area contributed by atoms with Crippen LogP contribution in [0.25, 0.3) is 10.8 Å². The number of nitrogens with one attached hydrogen (secondary N) is 1. The van der Waals surface area contributed by atoms with Crippen molar-refractivity contribution in [3.63, 3.8) is 0 Å². The third kappa shape index (κ3) is 2.39. The van der Waals surface area contributed by atoms with Crippen molar-refractivity contribution in [3.05, 3.63) is 48.0 Å². The Bertz CT molecular complexity index is 603. The SMILES string of the molecule is CN1CCNC(C(=O)c2cccc3ccccc23)C1. The second kappa shape index (κ2) is 5.11. The molecule has 0 bridgehead atoms. The molecule has 0 aliphatic carbocycles. The molecule has 19 heavy (non-hydrogen) atoms. The lowest BCUT2D eigenvalue weighted by Crippen LogP contribution is -2.52. The summed E-state index contributed by atoms with van der Waals surface area (Å²) < 4.78 is 0. The summed E-state index contributed by atoms with van der Waals surface area (Å²) in [5.74, 6) is 0.198. The third-order valence-electron chi connectivity index (χ3n) is 3.75. The molecule has 1 heterocycles. The van der Waals surface area contributed by atoms with Crippen LogP contribution in [0, 0.1) is 0 Å². The number of carbonyl (C=O) groups excluding carboxylic acids is 1. The van der Waals surface area contributed by atoms with E-state index in [4.69, 9.17) is 0 Å². The molecule has 3 rings (SSSR count). The number of rotatable bonds is 2. The number of ketones is 1. The van der Waals surface area contributed by atoms with Crippen molar-refractivity contribution in [1.29, 1.82) is 0 Å². The number of fused-ring (bicyclic) bond motifs is 1. The van der Waals surface area contributed by atoms with Crippen molar-refractivity contribution in [3.8, 4) is 0 Å². The monoisotopic (exact) mass is 254 g/mol. The number of nitrogens with zero attached hydrogens (tertiary/aromatic N) is 1. The number of piperazine rings is 1. The van der Waals surface area contributed by atoms with E-state index >= 15 is 0 Å². The largest absolute Gasteiger partial charge is 0.305 e. The van der Waals surface area contributed by atoms with Crippen LogP contribution in [0.15, 0.2) is 42.5 Å². The Balaban J connectivity index is 1.97. The maximum absolute atomic E-state index is 12.7. The molecule has 1 aliphatic rings. The summed E-state index contributed by atoms with van der Waals surface area (Å²) in [6, 6.07) is 13.9. The van der Waals surface area contributed by atoms with Gasteiger partial charge in [-0.3, -0.25) is 4.79 Å². The van der Waals surface area contributed by atoms with Crippen LogP contribution in [0.4, 0.5) is 0 Å². The molecule has 3 nitrogen and oxygen atoms in total. The van der Waals surface area contributed by atoms with Crippen molar-refractivity contribution >= 4 is 16.6 Å². The molecular formula is C16H18N2O. The first-order chi connectivity index (χ1) is 9.25. The molecule has 0 radical (unpaired) electrons. The number of hydrogen-bond donors (Lipinski definition) is 1. The first-order valence-corrected chi connectivity index (χ1v) is 6.69. The van der Waals surface area contributed by atoms with Crippen LogP contribution in [0.1, 0.15) is 10.4 Å². The van der Waals surface area contributed by atoms with Crippen LogP contribution in [-0.2, 0) is 0 Å². The van der Waals surface area contributed by atoms with Gasteiger partial charge in [-0.1, -0.05) is 42.5 Å². The fourth-order valence-corrected chi connectivity index (χ4v) is 2.70. The van der Waals surface area contributed by atoms with Gasteiger partial charge in [-0.2, -0.15) is 0 Å². The average Bonchev–Trinajstić information content (AvgIpc) is 2.46. The fraction of sp³-hybridized carbons (Fsp3) is 0.312. The molecule has 1 N–H and O–H groups in total. The van der Waals surface area contributed by atoms with Gasteiger partial charge in [0.1, 0.15) is 0 Å². The van der Waals surface area contributed by atoms with E-state index in [1.807, 2.05) is 42.5 Å². The minimum Gasteiger partial charge on any atom is -0.305 e. The van der Waals surface area contributed by atoms with E-state index in [-0.39, 0.29) is 11.8 Å². The first kappa shape index (κ1) is 12.3. The molecule has 2 aromatic rings. The molecule has 0 spiro atoms. The molecule has 1 fully saturated rings. The Labute approximate surface area is 113 Å². The van der Waals surface area contributed by atoms with Gasteiger partial charge < -0.3 is 10.2 Å². The van der Waals surface area contributed by atoms with Gasteiger partial charge in [-0.05, 0) is 17.8 Å². The minimum absolute atomic E-state index is 0.0930. The maximum Gasteiger partial charge on any atom is 0.181 e. The number of likely N-dealkylation sites (N-methyl/N-ethyl adjacent to an activating group) is 1. The third-order valence-corrected chi connectivity index (χ3v) is 3.75. The number of hydrogen-bond acceptors (Lipinski definition) is 3. The van der Waals surface area contributed by atoms with Gasteiger partial charge >= 0.3 is 0 Å². The topological polar surface area (TPSA) is 32.3 Å². The zero-order valence-corrected chi connectivity index (χ0v) is 11.1. The molecule has 1 saturated heterocycles. The molecule has 0 aromatic heterocycles. The summed E-state index contributed by atoms with van der Waals surface area (Å²) in [6.45, 7) is 2.65. The second-order valence-corrected chi connectivity index (χ2v) is 5.16. The van der Waals surface area contributed by atoms with Gasteiger partial charge in [0, 0.05) is 25.2 Å². The lowest BCUT2D eigenvalue weighted by molar-refractivity contribution is 0.0896. The zero-order valence-electron chi connectivity index (χ0n) is 11.1. The molecule has 3 heteroatoms. The Hall–Kier alpha value is -1.71. The van der Waals surface area contributed by atoms with E-state index in [0.717, 1.165) is 36.0 Å². The van der Waals surface area contributed by atoms with Gasteiger partial charge in [-0.25, -0.2) is 0 Å². The lowest BCUT2D eigenvalue weighted by atomic mass is 9.96. The zero-order chi connectivity index (χ0) is 13.2. The summed E-state index contributed by atoms with van der Waals surface area (Å²) in [5, 5.41) is 5.49. The van der Waals surface area contributed by atoms with E-state index in [1.54, 1.807) is 0 Å². The molecule has 98 valence electrons. The van der Waals surface area contributed by atoms with Gasteiger partial charge in [0.05, 0.1) is 6.04 Å². The summed E-state index contributed by atoms with van der Waals surface area (Å²) in [7, 11) is 2.06. The summed E-state index contributed by atoms with van der Waals surface area (Å²) in [4.78, 5) is 14.9. The van der Waals surface area contributed by atoms with E-state index in [2.05, 4.69) is 17.3 Å². The second-order valence-electron chi connectivity index (χ2n) is 5.16. The molecule has 1 atom stereocenters. The first-order valence-electron chi connectivity index (χ1n) is 6.69. The Kier molecular flexibility index (Phi) is 3.32. The van der Waals surface area contributed by atoms with Crippen molar-refractivity contribution in [2.24, 2.45) is 0 Å². The summed E-state index contributed by atoms with van der Waals surface area (Å²) in [5.41, 5.74) is 0.825. The van der Waals surface area contributed by atoms with Crippen molar-refractivity contribution in [2.45, 2.75) is 6.04 Å². The highest BCUT2D eigenvalue weighted by Gasteiger charge is 2.25. The average molecular weight is 254 g/mol. The summed E-state index contributed by atoms with van der Waals surface area (Å²) >= 11 is 0. The molecule has 0 amide bonds. The highest BCUT2D eigenvalue weighted by Crippen LogP contribution is 2.20. The van der Waals surface area contributed by atoms with Gasteiger partial charge in [-0.15, -0.1) is 0 Å². The quantitative estimate of drug-likeness (QED) is 0.831. The Morgan fingerprint density at radius 2 is 2.00 bits per heavy atom. The van der Waals surface area contributed by atoms with Crippen molar-refractivity contribution in [1.82, 2.24) is 10.2 Å². The van der Waals surface area contributed by atoms with E-state index in [0.29, 0.717) is 0 Å². The van der Waals surface area contributed by atoms with Gasteiger partial charge in [0.15, 0.2) is 5.78 Å². The number of carbonyl (C=O) groups is 1. The van der Waals surface area contributed by atoms with E-state index < -0.39 is 0 Å². The highest BCUT2D eigenvalue weighted by atomic mass is 16.1. The van der Waals surface area contributed by atoms with Crippen LogP contribution in [-0.4, -0.2) is 43.4 Å². The Morgan fingerprint density at radius 1 is 1.21 bits per heavy atom. The normalized spacial score (nSPS) is 20.6. The van der Waals surface area contributed by atoms with Crippen LogP contribution < -0.4 is 5.32 Å². The van der Waals surface area contributed by atoms with E-state index in [1.165, 1.54) is 0 Å². The van der Waals surface area contributed by atoms with Crippen LogP contribution in [0.2, 0.25) is 0 Å². The van der Waals surface area contributed by atoms with Crippen LogP contribution >= 0.6 is 0 Å². The lowest BCUT2D eigenvalue weighted by Gasteiger charge is -2.30. The van der Waals surface area contributed by atoms with Crippen LogP contribution in [0.5, 0.6) is 0 Å². The Morgan fingerprint density at radius 3 is 2.84 bits per heavy atom. The van der Waals surface area contributed by atoms with Gasteiger partial charge in [0.2, 0.25) is 0 Å². The number of benzene rings is 2. The van der Waals surface area contributed by atoms with Crippen molar-refractivity contribution < 1.29 is 4.79 Å². The molecule has 2 aromatic carbocycles. The smallest absolute Gasteiger partial charge is 0.181 e. The van der Waals surface area contributed by atoms with Crippen molar-refractivity contribution in [2.75, 3.05) is 26.7 Å². The van der Waals surface area contributed by atoms with Crippen LogP contribution in [0.3, 0.4) is 0 Å². The molecule has 1 unspecified atom stereocenters. The maximum atomic E-state index is 12.7. The highest BCUT2D eigenvalue weighted by molar-refractivity contribution is 6.10.